The zero-order valence-electron chi connectivity index (χ0n) is 13.2. The number of fused-ring (bicyclic) bond motifs is 2. The number of anilines is 1. The molecule has 1 aromatic carbocycles. The van der Waals surface area contributed by atoms with Crippen molar-refractivity contribution in [3.8, 4) is 0 Å². The molecule has 0 radical (unpaired) electrons. The fourth-order valence-corrected chi connectivity index (χ4v) is 3.76. The van der Waals surface area contributed by atoms with Gasteiger partial charge in [-0.15, -0.1) is 0 Å². The van der Waals surface area contributed by atoms with Crippen LogP contribution >= 0.6 is 11.3 Å². The molecule has 0 saturated carbocycles. The van der Waals surface area contributed by atoms with Crippen molar-refractivity contribution >= 4 is 32.3 Å². The summed E-state index contributed by atoms with van der Waals surface area (Å²) in [7, 11) is 0. The normalized spacial score (nSPS) is 11.6. The molecule has 2 N–H and O–H groups in total. The molecule has 0 aliphatic carbocycles. The fraction of sp³-hybridized carbons (Fsp3) is 0.222. The maximum atomic E-state index is 5.78. The number of nitrogen functional groups attached to an aromatic ring is 1. The predicted octanol–water partition coefficient (Wildman–Crippen LogP) is 3.93. The summed E-state index contributed by atoms with van der Waals surface area (Å²) in [5.74, 6) is 0. The van der Waals surface area contributed by atoms with E-state index in [0.29, 0.717) is 5.13 Å². The molecule has 4 aromatic rings. The van der Waals surface area contributed by atoms with Crippen LogP contribution < -0.4 is 5.73 Å². The van der Waals surface area contributed by atoms with Crippen LogP contribution in [0.15, 0.2) is 36.5 Å². The van der Waals surface area contributed by atoms with Crippen LogP contribution in [0.5, 0.6) is 0 Å². The molecule has 5 heteroatoms. The van der Waals surface area contributed by atoms with Crippen molar-refractivity contribution in [2.24, 2.45) is 0 Å². The van der Waals surface area contributed by atoms with Gasteiger partial charge in [-0.2, -0.15) is 0 Å². The van der Waals surface area contributed by atoms with Gasteiger partial charge < -0.3 is 10.1 Å². The monoisotopic (exact) mass is 322 g/mol. The molecular weight excluding hydrogens is 304 g/mol. The molecule has 0 aliphatic heterocycles. The second kappa shape index (κ2) is 5.35. The van der Waals surface area contributed by atoms with Crippen molar-refractivity contribution < 1.29 is 0 Å². The van der Waals surface area contributed by atoms with Gasteiger partial charge in [0.25, 0.3) is 0 Å². The van der Waals surface area contributed by atoms with E-state index in [1.165, 1.54) is 22.5 Å². The van der Waals surface area contributed by atoms with Crippen molar-refractivity contribution in [3.05, 3.63) is 59.0 Å². The summed E-state index contributed by atoms with van der Waals surface area (Å²) in [4.78, 5) is 9.09. The molecule has 0 spiro atoms. The number of hydrogen-bond acceptors (Lipinski definition) is 4. The Morgan fingerprint density at radius 1 is 1.09 bits per heavy atom. The van der Waals surface area contributed by atoms with E-state index >= 15 is 0 Å². The number of hydrogen-bond donors (Lipinski definition) is 1. The summed E-state index contributed by atoms with van der Waals surface area (Å²) in [5.41, 5.74) is 12.7. The number of aryl methyl sites for hydroxylation is 4. The van der Waals surface area contributed by atoms with E-state index in [2.05, 4.69) is 59.8 Å². The lowest BCUT2D eigenvalue weighted by Crippen LogP contribution is -1.94. The van der Waals surface area contributed by atoms with Crippen LogP contribution in [-0.2, 0) is 12.8 Å². The molecule has 4 nitrogen and oxygen atoms in total. The molecule has 116 valence electrons. The Labute approximate surface area is 138 Å². The first-order chi connectivity index (χ1) is 11.1. The Balaban J connectivity index is 1.61. The lowest BCUT2D eigenvalue weighted by atomic mass is 10.1. The van der Waals surface area contributed by atoms with Crippen molar-refractivity contribution in [1.29, 1.82) is 0 Å². The summed E-state index contributed by atoms with van der Waals surface area (Å²) in [6.07, 6.45) is 4.01. The molecule has 0 aliphatic rings. The second-order valence-electron chi connectivity index (χ2n) is 5.93. The number of rotatable bonds is 3. The molecule has 0 fully saturated rings. The van der Waals surface area contributed by atoms with Crippen LogP contribution in [0.2, 0.25) is 0 Å². The fourth-order valence-electron chi connectivity index (χ4n) is 2.96. The quantitative estimate of drug-likeness (QED) is 0.622. The number of benzene rings is 1. The third kappa shape index (κ3) is 2.57. The Bertz CT molecular complexity index is 1010. The largest absolute Gasteiger partial charge is 0.375 e. The minimum absolute atomic E-state index is 0.628. The Morgan fingerprint density at radius 2 is 1.96 bits per heavy atom. The van der Waals surface area contributed by atoms with Gasteiger partial charge in [0, 0.05) is 11.9 Å². The van der Waals surface area contributed by atoms with Gasteiger partial charge >= 0.3 is 0 Å². The van der Waals surface area contributed by atoms with E-state index in [1.807, 2.05) is 0 Å². The standard InChI is InChI=1S/C18H18N4S/c1-11-7-8-22-12(2)14(20-17(22)9-11)5-3-13-4-6-15-16(10-13)23-18(19)21-15/h4,6-10H,3,5H2,1-2H3,(H2,19,21). The van der Waals surface area contributed by atoms with E-state index < -0.39 is 0 Å². The molecule has 0 amide bonds. The minimum Gasteiger partial charge on any atom is -0.375 e. The SMILES string of the molecule is Cc1ccn2c(C)c(CCc3ccc4nc(N)sc4c3)nc2c1. The first-order valence-corrected chi connectivity index (χ1v) is 8.51. The first-order valence-electron chi connectivity index (χ1n) is 7.69. The van der Waals surface area contributed by atoms with Gasteiger partial charge in [0.05, 0.1) is 15.9 Å². The maximum absolute atomic E-state index is 5.78. The second-order valence-corrected chi connectivity index (χ2v) is 6.99. The zero-order chi connectivity index (χ0) is 16.0. The van der Waals surface area contributed by atoms with Crippen LogP contribution in [-0.4, -0.2) is 14.4 Å². The average Bonchev–Trinajstić information content (AvgIpc) is 3.03. The van der Waals surface area contributed by atoms with Crippen molar-refractivity contribution in [2.75, 3.05) is 5.73 Å². The zero-order valence-corrected chi connectivity index (χ0v) is 14.0. The van der Waals surface area contributed by atoms with E-state index in [4.69, 9.17) is 10.7 Å². The molecule has 3 aromatic heterocycles. The molecular formula is C18H18N4S. The van der Waals surface area contributed by atoms with Crippen LogP contribution in [0, 0.1) is 13.8 Å². The molecule has 0 atom stereocenters. The number of pyridine rings is 1. The first kappa shape index (κ1) is 14.2. The molecule has 4 rings (SSSR count). The molecule has 23 heavy (non-hydrogen) atoms. The van der Waals surface area contributed by atoms with Gasteiger partial charge in [0.2, 0.25) is 0 Å². The third-order valence-corrected chi connectivity index (χ3v) is 5.09. The summed E-state index contributed by atoms with van der Waals surface area (Å²) in [5, 5.41) is 0.628. The van der Waals surface area contributed by atoms with Gasteiger partial charge in [-0.3, -0.25) is 0 Å². The molecule has 0 unspecified atom stereocenters. The summed E-state index contributed by atoms with van der Waals surface area (Å²) < 4.78 is 3.32. The summed E-state index contributed by atoms with van der Waals surface area (Å²) in [6.45, 7) is 4.23. The third-order valence-electron chi connectivity index (χ3n) is 4.24. The Morgan fingerprint density at radius 3 is 2.83 bits per heavy atom. The lowest BCUT2D eigenvalue weighted by molar-refractivity contribution is 0.912. The number of aromatic nitrogens is 3. The van der Waals surface area contributed by atoms with Gasteiger partial charge in [-0.05, 0) is 62.1 Å². The number of thiazole rings is 1. The van der Waals surface area contributed by atoms with E-state index in [1.54, 1.807) is 11.3 Å². The van der Waals surface area contributed by atoms with Crippen LogP contribution in [0.25, 0.3) is 15.9 Å². The molecule has 0 bridgehead atoms. The van der Waals surface area contributed by atoms with Crippen molar-refractivity contribution in [2.45, 2.75) is 26.7 Å². The van der Waals surface area contributed by atoms with Crippen molar-refractivity contribution in [3.63, 3.8) is 0 Å². The van der Waals surface area contributed by atoms with Gasteiger partial charge in [0.1, 0.15) is 5.65 Å². The highest BCUT2D eigenvalue weighted by atomic mass is 32.1. The summed E-state index contributed by atoms with van der Waals surface area (Å²) >= 11 is 1.54. The Kier molecular flexibility index (Phi) is 3.31. The highest BCUT2D eigenvalue weighted by Crippen LogP contribution is 2.25. The number of imidazole rings is 1. The van der Waals surface area contributed by atoms with Crippen LogP contribution in [0.3, 0.4) is 0 Å². The van der Waals surface area contributed by atoms with E-state index in [-0.39, 0.29) is 0 Å². The minimum atomic E-state index is 0.628. The molecule has 3 heterocycles. The average molecular weight is 322 g/mol. The topological polar surface area (TPSA) is 56.2 Å². The maximum Gasteiger partial charge on any atom is 0.181 e. The Hall–Kier alpha value is -2.40. The van der Waals surface area contributed by atoms with Gasteiger partial charge in [0.15, 0.2) is 5.13 Å². The smallest absolute Gasteiger partial charge is 0.181 e. The highest BCUT2D eigenvalue weighted by Gasteiger charge is 2.09. The number of nitrogens with zero attached hydrogens (tertiary/aromatic N) is 3. The lowest BCUT2D eigenvalue weighted by Gasteiger charge is -2.01. The van der Waals surface area contributed by atoms with Crippen LogP contribution in [0.1, 0.15) is 22.5 Å². The number of nitrogens with two attached hydrogens (primary N) is 1. The van der Waals surface area contributed by atoms with Crippen LogP contribution in [0.4, 0.5) is 5.13 Å². The molecule has 0 saturated heterocycles. The van der Waals surface area contributed by atoms with E-state index in [9.17, 15) is 0 Å². The van der Waals surface area contributed by atoms with Gasteiger partial charge in [-0.1, -0.05) is 17.4 Å². The highest BCUT2D eigenvalue weighted by molar-refractivity contribution is 7.22. The summed E-state index contributed by atoms with van der Waals surface area (Å²) in [6, 6.07) is 10.6. The van der Waals surface area contributed by atoms with Crippen molar-refractivity contribution in [1.82, 2.24) is 14.4 Å². The van der Waals surface area contributed by atoms with E-state index in [0.717, 1.165) is 28.7 Å². The van der Waals surface area contributed by atoms with Gasteiger partial charge in [-0.25, -0.2) is 9.97 Å². The predicted molar refractivity (Wildman–Crippen MR) is 96.1 cm³/mol.